The van der Waals surface area contributed by atoms with Crippen LogP contribution in [0.25, 0.3) is 0 Å². The molecule has 0 saturated carbocycles. The Morgan fingerprint density at radius 1 is 1.35 bits per heavy atom. The molecule has 2 aromatic heterocycles. The van der Waals surface area contributed by atoms with Crippen molar-refractivity contribution in [1.29, 1.82) is 0 Å². The molecule has 0 N–H and O–H groups in total. The first kappa shape index (κ1) is 12.0. The monoisotopic (exact) mass is 296 g/mol. The largest absolute Gasteiger partial charge is 0.486 e. The predicted molar refractivity (Wildman–Crippen MR) is 65.2 cm³/mol. The molecular weight excluding hydrogens is 287 g/mol. The molecule has 5 heteroatoms. The van der Waals surface area contributed by atoms with Gasteiger partial charge in [-0.2, -0.15) is 0 Å². The Hall–Kier alpha value is -1.49. The smallest absolute Gasteiger partial charge is 0.152 e. The third-order valence-corrected chi connectivity index (χ3v) is 2.68. The Kier molecular flexibility index (Phi) is 3.68. The van der Waals surface area contributed by atoms with Crippen molar-refractivity contribution < 1.29 is 9.13 Å². The van der Waals surface area contributed by atoms with Crippen molar-refractivity contribution in [3.05, 3.63) is 52.3 Å². The number of pyridine rings is 2. The van der Waals surface area contributed by atoms with Crippen LogP contribution in [0.3, 0.4) is 0 Å². The Balaban J connectivity index is 2.07. The van der Waals surface area contributed by atoms with Gasteiger partial charge in [0.2, 0.25) is 0 Å². The molecule has 2 aromatic rings. The molecule has 0 saturated heterocycles. The molecule has 0 spiro atoms. The van der Waals surface area contributed by atoms with E-state index in [1.165, 1.54) is 6.07 Å². The van der Waals surface area contributed by atoms with E-state index in [0.717, 1.165) is 11.9 Å². The number of ether oxygens (including phenoxy) is 1. The van der Waals surface area contributed by atoms with Crippen LogP contribution in [-0.4, -0.2) is 9.97 Å². The van der Waals surface area contributed by atoms with Gasteiger partial charge in [-0.25, -0.2) is 9.37 Å². The molecule has 0 fully saturated rings. The molecule has 3 nitrogen and oxygen atoms in total. The molecule has 17 heavy (non-hydrogen) atoms. The molecule has 0 atom stereocenters. The molecule has 0 aromatic carbocycles. The highest BCUT2D eigenvalue weighted by molar-refractivity contribution is 9.10. The molecule has 0 aliphatic carbocycles. The van der Waals surface area contributed by atoms with E-state index < -0.39 is 0 Å². The van der Waals surface area contributed by atoms with Crippen molar-refractivity contribution in [2.24, 2.45) is 0 Å². The van der Waals surface area contributed by atoms with E-state index in [1.54, 1.807) is 6.20 Å². The number of hydrogen-bond acceptors (Lipinski definition) is 3. The molecule has 2 rings (SSSR count). The number of aromatic nitrogens is 2. The Morgan fingerprint density at radius 3 is 2.88 bits per heavy atom. The van der Waals surface area contributed by atoms with Gasteiger partial charge >= 0.3 is 0 Å². The third-order valence-electron chi connectivity index (χ3n) is 2.11. The molecule has 2 heterocycles. The van der Waals surface area contributed by atoms with Crippen molar-refractivity contribution in [1.82, 2.24) is 9.97 Å². The first-order chi connectivity index (χ1) is 8.15. The summed E-state index contributed by atoms with van der Waals surface area (Å²) in [5, 5.41) is 0. The molecule has 0 aliphatic rings. The van der Waals surface area contributed by atoms with Crippen LogP contribution in [0.15, 0.2) is 35.2 Å². The van der Waals surface area contributed by atoms with Crippen LogP contribution >= 0.6 is 15.9 Å². The average Bonchev–Trinajstić information content (AvgIpc) is 2.28. The lowest BCUT2D eigenvalue weighted by Gasteiger charge is -2.07. The van der Waals surface area contributed by atoms with Crippen LogP contribution in [0.1, 0.15) is 11.3 Å². The van der Waals surface area contributed by atoms with Crippen molar-refractivity contribution >= 4 is 15.9 Å². The van der Waals surface area contributed by atoms with Crippen molar-refractivity contribution in [2.45, 2.75) is 13.5 Å². The maximum absolute atomic E-state index is 12.9. The first-order valence-corrected chi connectivity index (χ1v) is 5.80. The van der Waals surface area contributed by atoms with E-state index in [2.05, 4.69) is 25.9 Å². The molecule has 0 amide bonds. The first-order valence-electron chi connectivity index (χ1n) is 5.00. The summed E-state index contributed by atoms with van der Waals surface area (Å²) in [6.45, 7) is 2.15. The van der Waals surface area contributed by atoms with E-state index >= 15 is 0 Å². The van der Waals surface area contributed by atoms with Crippen molar-refractivity contribution in [3.8, 4) is 5.75 Å². The van der Waals surface area contributed by atoms with E-state index in [-0.39, 0.29) is 12.4 Å². The van der Waals surface area contributed by atoms with E-state index in [9.17, 15) is 4.39 Å². The Labute approximate surface area is 107 Å². The molecule has 0 radical (unpaired) electrons. The minimum Gasteiger partial charge on any atom is -0.486 e. The number of rotatable bonds is 3. The number of halogens is 2. The van der Waals surface area contributed by atoms with E-state index in [0.29, 0.717) is 15.9 Å². The second-order valence-corrected chi connectivity index (χ2v) is 4.29. The molecule has 0 unspecified atom stereocenters. The van der Waals surface area contributed by atoms with Crippen LogP contribution in [0.4, 0.5) is 4.39 Å². The summed E-state index contributed by atoms with van der Waals surface area (Å²) in [6.07, 6.45) is 2.73. The highest BCUT2D eigenvalue weighted by atomic mass is 79.9. The lowest BCUT2D eigenvalue weighted by atomic mass is 10.3. The highest BCUT2D eigenvalue weighted by Crippen LogP contribution is 2.23. The summed E-state index contributed by atoms with van der Waals surface area (Å²) in [7, 11) is 0. The zero-order valence-electron chi connectivity index (χ0n) is 9.15. The molecule has 0 aliphatic heterocycles. The standard InChI is InChI=1S/C12H10BrFN2O/c1-8-2-3-11(12(13)16-8)17-7-9-4-10(14)6-15-5-9/h2-6H,7H2,1H3. The van der Waals surface area contributed by atoms with Crippen molar-refractivity contribution in [2.75, 3.05) is 0 Å². The topological polar surface area (TPSA) is 35.0 Å². The highest BCUT2D eigenvalue weighted by Gasteiger charge is 2.03. The fourth-order valence-electron chi connectivity index (χ4n) is 1.32. The van der Waals surface area contributed by atoms with Gasteiger partial charge in [0.05, 0.1) is 6.20 Å². The minimum absolute atomic E-state index is 0.258. The Bertz CT molecular complexity index is 534. The average molecular weight is 297 g/mol. The van der Waals surface area contributed by atoms with Crippen LogP contribution in [0.2, 0.25) is 0 Å². The van der Waals surface area contributed by atoms with Crippen LogP contribution < -0.4 is 4.74 Å². The van der Waals surface area contributed by atoms with Gasteiger partial charge in [-0.05, 0) is 41.1 Å². The van der Waals surface area contributed by atoms with Crippen molar-refractivity contribution in [3.63, 3.8) is 0 Å². The lowest BCUT2D eigenvalue weighted by molar-refractivity contribution is 0.301. The van der Waals surface area contributed by atoms with Gasteiger partial charge in [0.15, 0.2) is 5.75 Å². The summed E-state index contributed by atoms with van der Waals surface area (Å²) in [6, 6.07) is 5.06. The van der Waals surface area contributed by atoms with Crippen LogP contribution in [0, 0.1) is 12.7 Å². The summed E-state index contributed by atoms with van der Waals surface area (Å²) in [5.74, 6) is 0.257. The normalized spacial score (nSPS) is 10.3. The Morgan fingerprint density at radius 2 is 2.18 bits per heavy atom. The summed E-state index contributed by atoms with van der Waals surface area (Å²) < 4.78 is 19.0. The number of aryl methyl sites for hydroxylation is 1. The molecular formula is C12H10BrFN2O. The zero-order valence-corrected chi connectivity index (χ0v) is 10.7. The summed E-state index contributed by atoms with van der Waals surface area (Å²) in [5.41, 5.74) is 1.58. The summed E-state index contributed by atoms with van der Waals surface area (Å²) >= 11 is 3.31. The van der Waals surface area contributed by atoms with E-state index in [1.807, 2.05) is 19.1 Å². The molecule has 0 bridgehead atoms. The molecule has 88 valence electrons. The second kappa shape index (κ2) is 5.23. The van der Waals surface area contributed by atoms with Gasteiger partial charge in [0.25, 0.3) is 0 Å². The van der Waals surface area contributed by atoms with Gasteiger partial charge in [-0.15, -0.1) is 0 Å². The van der Waals surface area contributed by atoms with Gasteiger partial charge in [-0.3, -0.25) is 4.98 Å². The number of hydrogen-bond donors (Lipinski definition) is 0. The quantitative estimate of drug-likeness (QED) is 0.816. The van der Waals surface area contributed by atoms with Gasteiger partial charge < -0.3 is 4.74 Å². The maximum Gasteiger partial charge on any atom is 0.152 e. The second-order valence-electron chi connectivity index (χ2n) is 3.54. The van der Waals surface area contributed by atoms with E-state index in [4.69, 9.17) is 4.74 Å². The third kappa shape index (κ3) is 3.23. The minimum atomic E-state index is -0.368. The van der Waals surface area contributed by atoms with Gasteiger partial charge in [0, 0.05) is 17.5 Å². The lowest BCUT2D eigenvalue weighted by Crippen LogP contribution is -1.98. The zero-order chi connectivity index (χ0) is 12.3. The number of nitrogens with zero attached hydrogens (tertiary/aromatic N) is 2. The van der Waals surface area contributed by atoms with Gasteiger partial charge in [-0.1, -0.05) is 0 Å². The fraction of sp³-hybridized carbons (Fsp3) is 0.167. The van der Waals surface area contributed by atoms with Crippen LogP contribution in [-0.2, 0) is 6.61 Å². The fourth-order valence-corrected chi connectivity index (χ4v) is 1.84. The SMILES string of the molecule is Cc1ccc(OCc2cncc(F)c2)c(Br)n1. The maximum atomic E-state index is 12.9. The summed E-state index contributed by atoms with van der Waals surface area (Å²) in [4.78, 5) is 7.96. The van der Waals surface area contributed by atoms with Gasteiger partial charge in [0.1, 0.15) is 17.0 Å². The predicted octanol–water partition coefficient (Wildman–Crippen LogP) is 3.27. The van der Waals surface area contributed by atoms with Crippen LogP contribution in [0.5, 0.6) is 5.75 Å².